The molecule has 0 amide bonds. The van der Waals surface area contributed by atoms with Crippen molar-refractivity contribution in [2.24, 2.45) is 0 Å². The third-order valence-corrected chi connectivity index (χ3v) is 2.92. The van der Waals surface area contributed by atoms with E-state index in [1.807, 2.05) is 19.9 Å². The first kappa shape index (κ1) is 13.7. The number of benzene rings is 1. The highest BCUT2D eigenvalue weighted by Gasteiger charge is 2.13. The van der Waals surface area contributed by atoms with Gasteiger partial charge in [0.15, 0.2) is 5.76 Å². The molecule has 4 heteroatoms. The third kappa shape index (κ3) is 3.41. The van der Waals surface area contributed by atoms with E-state index in [1.165, 1.54) is 12.1 Å². The van der Waals surface area contributed by atoms with Crippen LogP contribution in [0.15, 0.2) is 28.8 Å². The van der Waals surface area contributed by atoms with Crippen LogP contribution in [0.2, 0.25) is 0 Å². The van der Waals surface area contributed by atoms with Crippen molar-refractivity contribution in [1.82, 2.24) is 10.3 Å². The zero-order valence-corrected chi connectivity index (χ0v) is 11.5. The number of rotatable bonds is 5. The zero-order chi connectivity index (χ0) is 13.8. The van der Waals surface area contributed by atoms with E-state index in [0.717, 1.165) is 24.1 Å². The van der Waals surface area contributed by atoms with Crippen molar-refractivity contribution in [2.75, 3.05) is 6.54 Å². The number of aryl methyl sites for hydroxylation is 1. The molecule has 0 aliphatic heterocycles. The van der Waals surface area contributed by atoms with Crippen molar-refractivity contribution in [1.29, 1.82) is 0 Å². The predicted molar refractivity (Wildman–Crippen MR) is 73.3 cm³/mol. The summed E-state index contributed by atoms with van der Waals surface area (Å²) < 4.78 is 19.1. The van der Waals surface area contributed by atoms with Gasteiger partial charge < -0.3 is 9.73 Å². The Bertz CT molecular complexity index is 531. The van der Waals surface area contributed by atoms with Crippen LogP contribution in [0.5, 0.6) is 0 Å². The molecule has 0 spiro atoms. The fraction of sp³-hybridized carbons (Fsp3) is 0.400. The molecule has 3 nitrogen and oxygen atoms in total. The highest BCUT2D eigenvalue weighted by Crippen LogP contribution is 2.24. The smallest absolute Gasteiger partial charge is 0.211 e. The molecule has 0 fully saturated rings. The van der Waals surface area contributed by atoms with Gasteiger partial charge in [0.05, 0.1) is 12.2 Å². The zero-order valence-electron chi connectivity index (χ0n) is 11.5. The maximum absolute atomic E-state index is 13.4. The lowest BCUT2D eigenvalue weighted by atomic mass is 10.1. The summed E-state index contributed by atoms with van der Waals surface area (Å²) in [4.78, 5) is 4.25. The summed E-state index contributed by atoms with van der Waals surface area (Å²) in [7, 11) is 0. The van der Waals surface area contributed by atoms with E-state index >= 15 is 0 Å². The first-order chi connectivity index (χ1) is 9.10. The summed E-state index contributed by atoms with van der Waals surface area (Å²) in [5, 5.41) is 3.31. The van der Waals surface area contributed by atoms with Gasteiger partial charge in [0.2, 0.25) is 5.89 Å². The first-order valence-corrected chi connectivity index (χ1v) is 6.57. The largest absolute Gasteiger partial charge is 0.439 e. The van der Waals surface area contributed by atoms with E-state index in [-0.39, 0.29) is 11.9 Å². The van der Waals surface area contributed by atoms with Crippen molar-refractivity contribution in [3.05, 3.63) is 41.7 Å². The van der Waals surface area contributed by atoms with E-state index in [9.17, 15) is 4.39 Å². The molecule has 0 aliphatic carbocycles. The van der Waals surface area contributed by atoms with E-state index in [1.54, 1.807) is 6.20 Å². The topological polar surface area (TPSA) is 38.1 Å². The molecule has 1 aromatic carbocycles. The van der Waals surface area contributed by atoms with Crippen molar-refractivity contribution >= 4 is 0 Å². The second kappa shape index (κ2) is 5.97. The molecule has 0 aliphatic rings. The molecule has 1 heterocycles. The molecule has 1 atom stereocenters. The Hall–Kier alpha value is -1.68. The summed E-state index contributed by atoms with van der Waals surface area (Å²) in [5.41, 5.74) is 1.59. The van der Waals surface area contributed by atoms with Crippen LogP contribution in [0.3, 0.4) is 0 Å². The Morgan fingerprint density at radius 3 is 2.84 bits per heavy atom. The Labute approximate surface area is 112 Å². The van der Waals surface area contributed by atoms with E-state index in [4.69, 9.17) is 4.42 Å². The molecule has 0 saturated heterocycles. The first-order valence-electron chi connectivity index (χ1n) is 6.57. The van der Waals surface area contributed by atoms with Crippen LogP contribution in [0.4, 0.5) is 4.39 Å². The maximum atomic E-state index is 13.4. The molecular weight excluding hydrogens is 243 g/mol. The average Bonchev–Trinajstić information content (AvgIpc) is 2.84. The van der Waals surface area contributed by atoms with Crippen molar-refractivity contribution in [2.45, 2.75) is 33.2 Å². The number of nitrogens with zero attached hydrogens (tertiary/aromatic N) is 1. The van der Waals surface area contributed by atoms with Crippen LogP contribution < -0.4 is 5.32 Å². The van der Waals surface area contributed by atoms with Gasteiger partial charge in [0.1, 0.15) is 5.82 Å². The normalized spacial score (nSPS) is 12.6. The Kier molecular flexibility index (Phi) is 4.32. The van der Waals surface area contributed by atoms with Crippen LogP contribution in [-0.2, 0) is 0 Å². The Balaban J connectivity index is 2.20. The quantitative estimate of drug-likeness (QED) is 0.889. The molecule has 1 unspecified atom stereocenters. The van der Waals surface area contributed by atoms with Crippen LogP contribution in [-0.4, -0.2) is 11.5 Å². The lowest BCUT2D eigenvalue weighted by Crippen LogP contribution is -2.19. The van der Waals surface area contributed by atoms with E-state index < -0.39 is 0 Å². The lowest BCUT2D eigenvalue weighted by Gasteiger charge is -2.08. The van der Waals surface area contributed by atoms with Gasteiger partial charge in [-0.3, -0.25) is 0 Å². The molecule has 0 bridgehead atoms. The molecule has 19 heavy (non-hydrogen) atoms. The molecule has 2 rings (SSSR count). The molecule has 102 valence electrons. The minimum Gasteiger partial charge on any atom is -0.439 e. The fourth-order valence-corrected chi connectivity index (χ4v) is 1.95. The van der Waals surface area contributed by atoms with Gasteiger partial charge in [-0.2, -0.15) is 0 Å². The summed E-state index contributed by atoms with van der Waals surface area (Å²) in [6.07, 6.45) is 2.70. The Morgan fingerprint density at radius 2 is 2.16 bits per heavy atom. The van der Waals surface area contributed by atoms with Crippen molar-refractivity contribution < 1.29 is 8.81 Å². The van der Waals surface area contributed by atoms with Crippen LogP contribution in [0, 0.1) is 12.7 Å². The van der Waals surface area contributed by atoms with Gasteiger partial charge in [-0.05, 0) is 50.6 Å². The van der Waals surface area contributed by atoms with Gasteiger partial charge in [0, 0.05) is 5.56 Å². The average molecular weight is 262 g/mol. The maximum Gasteiger partial charge on any atom is 0.211 e. The molecule has 1 N–H and O–H groups in total. The standard InChI is InChI=1S/C15H19FN2O/c1-4-5-17-11(3)15-18-9-14(19-15)12-6-10(2)7-13(16)8-12/h6-9,11,17H,4-5H2,1-3H3. The summed E-state index contributed by atoms with van der Waals surface area (Å²) in [6.45, 7) is 6.88. The van der Waals surface area contributed by atoms with Crippen molar-refractivity contribution in [3.63, 3.8) is 0 Å². The summed E-state index contributed by atoms with van der Waals surface area (Å²) >= 11 is 0. The SMILES string of the molecule is CCCNC(C)c1ncc(-c2cc(C)cc(F)c2)o1. The minimum absolute atomic E-state index is 0.0587. The predicted octanol–water partition coefficient (Wildman–Crippen LogP) is 3.85. The van der Waals surface area contributed by atoms with Crippen LogP contribution in [0.25, 0.3) is 11.3 Å². The second-order valence-electron chi connectivity index (χ2n) is 4.76. The monoisotopic (exact) mass is 262 g/mol. The molecule has 2 aromatic rings. The highest BCUT2D eigenvalue weighted by atomic mass is 19.1. The van der Waals surface area contributed by atoms with Crippen LogP contribution >= 0.6 is 0 Å². The number of hydrogen-bond donors (Lipinski definition) is 1. The third-order valence-electron chi connectivity index (χ3n) is 2.92. The molecular formula is C15H19FN2O. The van der Waals surface area contributed by atoms with E-state index in [2.05, 4.69) is 17.2 Å². The van der Waals surface area contributed by atoms with Gasteiger partial charge in [-0.15, -0.1) is 0 Å². The number of hydrogen-bond acceptors (Lipinski definition) is 3. The minimum atomic E-state index is -0.259. The molecule has 0 saturated carbocycles. The Morgan fingerprint density at radius 1 is 1.37 bits per heavy atom. The number of halogens is 1. The van der Waals surface area contributed by atoms with Crippen LogP contribution in [0.1, 0.15) is 37.8 Å². The summed E-state index contributed by atoms with van der Waals surface area (Å²) in [5.74, 6) is 0.971. The van der Waals surface area contributed by atoms with Gasteiger partial charge in [-0.1, -0.05) is 6.92 Å². The number of aromatic nitrogens is 1. The van der Waals surface area contributed by atoms with E-state index in [0.29, 0.717) is 11.7 Å². The number of oxazole rings is 1. The number of nitrogens with one attached hydrogen (secondary N) is 1. The van der Waals surface area contributed by atoms with Crippen molar-refractivity contribution in [3.8, 4) is 11.3 Å². The second-order valence-corrected chi connectivity index (χ2v) is 4.76. The lowest BCUT2D eigenvalue weighted by molar-refractivity contribution is 0.423. The fourth-order valence-electron chi connectivity index (χ4n) is 1.95. The highest BCUT2D eigenvalue weighted by molar-refractivity contribution is 5.57. The molecule has 0 radical (unpaired) electrons. The van der Waals surface area contributed by atoms with Gasteiger partial charge in [0.25, 0.3) is 0 Å². The van der Waals surface area contributed by atoms with Gasteiger partial charge >= 0.3 is 0 Å². The summed E-state index contributed by atoms with van der Waals surface area (Å²) in [6, 6.07) is 4.90. The molecule has 1 aromatic heterocycles. The van der Waals surface area contributed by atoms with Gasteiger partial charge in [-0.25, -0.2) is 9.37 Å².